The lowest BCUT2D eigenvalue weighted by molar-refractivity contribution is -0.0817. The van der Waals surface area contributed by atoms with E-state index >= 15 is 0 Å². The lowest BCUT2D eigenvalue weighted by Crippen LogP contribution is -2.52. The Morgan fingerprint density at radius 2 is 2.05 bits per heavy atom. The van der Waals surface area contributed by atoms with E-state index in [9.17, 15) is 4.39 Å². The molecular weight excluding hydrogens is 241 g/mol. The van der Waals surface area contributed by atoms with Gasteiger partial charge >= 0.3 is 0 Å². The van der Waals surface area contributed by atoms with Gasteiger partial charge in [-0.2, -0.15) is 0 Å². The van der Waals surface area contributed by atoms with Gasteiger partial charge in [0.25, 0.3) is 0 Å². The number of halogens is 1. The van der Waals surface area contributed by atoms with Crippen LogP contribution in [0.15, 0.2) is 24.3 Å². The number of hydrogen-bond donors (Lipinski definition) is 1. The van der Waals surface area contributed by atoms with Crippen LogP contribution in [0.4, 0.5) is 4.39 Å². The van der Waals surface area contributed by atoms with E-state index in [4.69, 9.17) is 10.5 Å². The summed E-state index contributed by atoms with van der Waals surface area (Å²) in [5.41, 5.74) is 7.15. The number of ether oxygens (including phenoxy) is 1. The van der Waals surface area contributed by atoms with Crippen molar-refractivity contribution in [2.75, 3.05) is 6.61 Å². The molecule has 3 heteroatoms. The lowest BCUT2D eigenvalue weighted by Gasteiger charge is -2.41. The van der Waals surface area contributed by atoms with Crippen LogP contribution in [0.2, 0.25) is 0 Å². The van der Waals surface area contributed by atoms with E-state index in [1.165, 1.54) is 25.3 Å². The minimum Gasteiger partial charge on any atom is -0.374 e. The van der Waals surface area contributed by atoms with Gasteiger partial charge in [0.2, 0.25) is 0 Å². The first-order valence-electron chi connectivity index (χ1n) is 7.30. The van der Waals surface area contributed by atoms with E-state index in [2.05, 4.69) is 0 Å². The summed E-state index contributed by atoms with van der Waals surface area (Å²) in [5, 5.41) is 0. The molecule has 0 heterocycles. The predicted octanol–water partition coefficient (Wildman–Crippen LogP) is 3.43. The Morgan fingerprint density at radius 3 is 2.68 bits per heavy atom. The largest absolute Gasteiger partial charge is 0.374 e. The fourth-order valence-electron chi connectivity index (χ4n) is 3.16. The molecule has 1 fully saturated rings. The van der Waals surface area contributed by atoms with Gasteiger partial charge in [0.15, 0.2) is 0 Å². The van der Waals surface area contributed by atoms with Crippen LogP contribution in [0.3, 0.4) is 0 Å². The van der Waals surface area contributed by atoms with E-state index in [1.54, 1.807) is 12.1 Å². The zero-order valence-corrected chi connectivity index (χ0v) is 11.7. The second-order valence-electron chi connectivity index (χ2n) is 5.50. The number of hydrogen-bond acceptors (Lipinski definition) is 2. The molecule has 0 amide bonds. The third-order valence-electron chi connectivity index (χ3n) is 4.15. The molecular formula is C16H24FNO. The van der Waals surface area contributed by atoms with Crippen molar-refractivity contribution in [2.45, 2.75) is 57.1 Å². The van der Waals surface area contributed by atoms with E-state index in [1.807, 2.05) is 13.0 Å². The van der Waals surface area contributed by atoms with E-state index in [0.29, 0.717) is 13.0 Å². The van der Waals surface area contributed by atoms with E-state index < -0.39 is 0 Å². The molecule has 1 aliphatic carbocycles. The van der Waals surface area contributed by atoms with Crippen LogP contribution < -0.4 is 5.73 Å². The van der Waals surface area contributed by atoms with E-state index in [0.717, 1.165) is 18.4 Å². The average Bonchev–Trinajstić information content (AvgIpc) is 2.40. The Bertz CT molecular complexity index is 396. The van der Waals surface area contributed by atoms with Crippen molar-refractivity contribution >= 4 is 0 Å². The fraction of sp³-hybridized carbons (Fsp3) is 0.625. The highest BCUT2D eigenvalue weighted by molar-refractivity contribution is 5.18. The van der Waals surface area contributed by atoms with Crippen molar-refractivity contribution in [3.05, 3.63) is 35.6 Å². The maximum absolute atomic E-state index is 13.2. The molecule has 1 aliphatic rings. The molecule has 2 rings (SSSR count). The molecule has 0 spiro atoms. The summed E-state index contributed by atoms with van der Waals surface area (Å²) in [6.45, 7) is 2.71. The minimum atomic E-state index is -0.209. The van der Waals surface area contributed by atoms with Crippen LogP contribution in [0, 0.1) is 5.82 Å². The average molecular weight is 265 g/mol. The zero-order valence-electron chi connectivity index (χ0n) is 11.7. The molecule has 0 radical (unpaired) electrons. The second-order valence-corrected chi connectivity index (χ2v) is 5.50. The van der Waals surface area contributed by atoms with Gasteiger partial charge in [-0.25, -0.2) is 4.39 Å². The number of benzene rings is 1. The SMILES string of the molecule is CCOC1(C(N)Cc2cccc(F)c2)CCCCC1. The Morgan fingerprint density at radius 1 is 1.32 bits per heavy atom. The quantitative estimate of drug-likeness (QED) is 0.885. The zero-order chi connectivity index (χ0) is 13.7. The monoisotopic (exact) mass is 265 g/mol. The van der Waals surface area contributed by atoms with Crippen LogP contribution in [-0.2, 0) is 11.2 Å². The molecule has 0 aliphatic heterocycles. The summed E-state index contributed by atoms with van der Waals surface area (Å²) in [6, 6.07) is 6.65. The molecule has 0 aromatic heterocycles. The van der Waals surface area contributed by atoms with Gasteiger partial charge in [-0.3, -0.25) is 0 Å². The highest BCUT2D eigenvalue weighted by atomic mass is 19.1. The fourth-order valence-corrected chi connectivity index (χ4v) is 3.16. The summed E-state index contributed by atoms with van der Waals surface area (Å²) >= 11 is 0. The summed E-state index contributed by atoms with van der Waals surface area (Å²) < 4.78 is 19.2. The molecule has 1 aromatic rings. The minimum absolute atomic E-state index is 0.0606. The summed E-state index contributed by atoms with van der Waals surface area (Å²) in [7, 11) is 0. The second kappa shape index (κ2) is 6.49. The van der Waals surface area contributed by atoms with Crippen LogP contribution >= 0.6 is 0 Å². The van der Waals surface area contributed by atoms with Crippen LogP contribution in [0.25, 0.3) is 0 Å². The highest BCUT2D eigenvalue weighted by Crippen LogP contribution is 2.35. The maximum Gasteiger partial charge on any atom is 0.123 e. The van der Waals surface area contributed by atoms with Gasteiger partial charge in [0.05, 0.1) is 5.60 Å². The molecule has 106 valence electrons. The molecule has 19 heavy (non-hydrogen) atoms. The van der Waals surface area contributed by atoms with Gasteiger partial charge in [-0.1, -0.05) is 31.4 Å². The van der Waals surface area contributed by atoms with E-state index in [-0.39, 0.29) is 17.5 Å². The highest BCUT2D eigenvalue weighted by Gasteiger charge is 2.38. The normalized spacial score (nSPS) is 20.2. The van der Waals surface area contributed by atoms with Crippen molar-refractivity contribution in [3.63, 3.8) is 0 Å². The molecule has 0 saturated heterocycles. The molecule has 2 N–H and O–H groups in total. The van der Waals surface area contributed by atoms with Gasteiger partial charge in [-0.05, 0) is 43.9 Å². The maximum atomic E-state index is 13.2. The predicted molar refractivity (Wildman–Crippen MR) is 75.5 cm³/mol. The molecule has 1 aromatic carbocycles. The number of rotatable bonds is 5. The summed E-state index contributed by atoms with van der Waals surface area (Å²) in [6.07, 6.45) is 6.35. The van der Waals surface area contributed by atoms with Gasteiger partial charge in [-0.15, -0.1) is 0 Å². The Balaban J connectivity index is 2.08. The van der Waals surface area contributed by atoms with Crippen LogP contribution in [-0.4, -0.2) is 18.2 Å². The first-order chi connectivity index (χ1) is 9.16. The van der Waals surface area contributed by atoms with Crippen molar-refractivity contribution in [1.82, 2.24) is 0 Å². The molecule has 2 nitrogen and oxygen atoms in total. The summed E-state index contributed by atoms with van der Waals surface area (Å²) in [4.78, 5) is 0. The molecule has 1 unspecified atom stereocenters. The van der Waals surface area contributed by atoms with Crippen molar-refractivity contribution in [2.24, 2.45) is 5.73 Å². The van der Waals surface area contributed by atoms with Gasteiger partial charge in [0.1, 0.15) is 5.82 Å². The Labute approximate surface area is 115 Å². The molecule has 1 atom stereocenters. The Kier molecular flexibility index (Phi) is 4.94. The molecule has 0 bridgehead atoms. The Hall–Kier alpha value is -0.930. The number of nitrogens with two attached hydrogens (primary N) is 1. The van der Waals surface area contributed by atoms with Gasteiger partial charge in [0, 0.05) is 12.6 Å². The van der Waals surface area contributed by atoms with Gasteiger partial charge < -0.3 is 10.5 Å². The third kappa shape index (κ3) is 3.54. The first-order valence-corrected chi connectivity index (χ1v) is 7.30. The molecule has 1 saturated carbocycles. The standard InChI is InChI=1S/C16H24FNO/c1-2-19-16(9-4-3-5-10-16)15(18)12-13-7-6-8-14(17)11-13/h6-8,11,15H,2-5,9-10,12,18H2,1H3. The van der Waals surface area contributed by atoms with Crippen molar-refractivity contribution in [1.29, 1.82) is 0 Å². The smallest absolute Gasteiger partial charge is 0.123 e. The van der Waals surface area contributed by atoms with Crippen LogP contribution in [0.1, 0.15) is 44.6 Å². The van der Waals surface area contributed by atoms with Crippen LogP contribution in [0.5, 0.6) is 0 Å². The third-order valence-corrected chi connectivity index (χ3v) is 4.15. The lowest BCUT2D eigenvalue weighted by atomic mass is 9.77. The topological polar surface area (TPSA) is 35.2 Å². The van der Waals surface area contributed by atoms with Crippen molar-refractivity contribution in [3.8, 4) is 0 Å². The summed E-state index contributed by atoms with van der Waals surface area (Å²) in [5.74, 6) is -0.196. The first kappa shape index (κ1) is 14.5. The van der Waals surface area contributed by atoms with Crippen molar-refractivity contribution < 1.29 is 9.13 Å².